The fourth-order valence-corrected chi connectivity index (χ4v) is 4.56. The summed E-state index contributed by atoms with van der Waals surface area (Å²) in [5.74, 6) is 0. The molecule has 0 aromatic heterocycles. The van der Waals surface area contributed by atoms with Gasteiger partial charge < -0.3 is 0 Å². The van der Waals surface area contributed by atoms with Crippen LogP contribution in [0, 0.1) is 0 Å². The fraction of sp³-hybridized carbons (Fsp3) is 0.200. The number of rotatable bonds is 2. The minimum absolute atomic E-state index is 0.0304. The minimum Gasteiger partial charge on any atom is -0.0781 e. The monoisotopic (exact) mass is 350 g/mol. The van der Waals surface area contributed by atoms with Crippen LogP contribution in [0.25, 0.3) is 0 Å². The molecule has 0 bridgehead atoms. The summed E-state index contributed by atoms with van der Waals surface area (Å²) in [6.07, 6.45) is 1.08. The van der Waals surface area contributed by atoms with Gasteiger partial charge in [0.1, 0.15) is 0 Å². The van der Waals surface area contributed by atoms with E-state index in [0.29, 0.717) is 0 Å². The van der Waals surface area contributed by atoms with Crippen molar-refractivity contribution in [2.75, 3.05) is 0 Å². The summed E-state index contributed by atoms with van der Waals surface area (Å²) in [4.78, 5) is 0. The largest absolute Gasteiger partial charge is 0.0781 e. The maximum atomic E-state index is 3.91. The quantitative estimate of drug-likeness (QED) is 0.670. The Morgan fingerprint density at radius 1 is 0.647 bits per heavy atom. The van der Waals surface area contributed by atoms with E-state index in [1.165, 1.54) is 11.1 Å². The van der Waals surface area contributed by atoms with Gasteiger partial charge in [-0.1, -0.05) is 92.5 Å². The van der Waals surface area contributed by atoms with E-state index in [4.69, 9.17) is 0 Å². The van der Waals surface area contributed by atoms with E-state index < -0.39 is 0 Å². The Kier molecular flexibility index (Phi) is 2.68. The van der Waals surface area contributed by atoms with E-state index in [-0.39, 0.29) is 8.65 Å². The van der Waals surface area contributed by atoms with Gasteiger partial charge in [-0.05, 0) is 17.5 Å². The van der Waals surface area contributed by atoms with Crippen LogP contribution in [0.3, 0.4) is 0 Å². The van der Waals surface area contributed by atoms with Gasteiger partial charge in [0.15, 0.2) is 0 Å². The maximum absolute atomic E-state index is 3.91. The first-order valence-corrected chi connectivity index (χ1v) is 7.24. The van der Waals surface area contributed by atoms with Crippen LogP contribution in [0.4, 0.5) is 0 Å². The molecule has 0 nitrogen and oxygen atoms in total. The summed E-state index contributed by atoms with van der Waals surface area (Å²) in [6, 6.07) is 21.2. The first kappa shape index (κ1) is 11.5. The fourth-order valence-electron chi connectivity index (χ4n) is 2.36. The average Bonchev–Trinajstić information content (AvgIpc) is 2.97. The van der Waals surface area contributed by atoms with E-state index >= 15 is 0 Å². The lowest BCUT2D eigenvalue weighted by Gasteiger charge is -2.16. The average molecular weight is 352 g/mol. The Morgan fingerprint density at radius 2 is 1.00 bits per heavy atom. The van der Waals surface area contributed by atoms with Crippen LogP contribution in [-0.4, -0.2) is 0 Å². The minimum atomic E-state index is 0.0304. The van der Waals surface area contributed by atoms with E-state index in [2.05, 4.69) is 92.5 Å². The normalized spacial score (nSPS) is 31.2. The molecule has 86 valence electrons. The molecule has 0 aliphatic heterocycles. The third-order valence-electron chi connectivity index (χ3n) is 3.45. The van der Waals surface area contributed by atoms with Crippen molar-refractivity contribution in [1.29, 1.82) is 0 Å². The zero-order valence-electron chi connectivity index (χ0n) is 9.24. The van der Waals surface area contributed by atoms with Crippen molar-refractivity contribution >= 4 is 31.9 Å². The highest BCUT2D eigenvalue weighted by atomic mass is 79.9. The second-order valence-corrected chi connectivity index (χ2v) is 7.22. The van der Waals surface area contributed by atoms with Crippen molar-refractivity contribution in [3.8, 4) is 0 Å². The lowest BCUT2D eigenvalue weighted by Crippen LogP contribution is -2.10. The highest BCUT2D eigenvalue weighted by Crippen LogP contribution is 2.72. The lowest BCUT2D eigenvalue weighted by atomic mass is 10.0. The van der Waals surface area contributed by atoms with Crippen molar-refractivity contribution < 1.29 is 0 Å². The van der Waals surface area contributed by atoms with Gasteiger partial charge in [-0.2, -0.15) is 0 Å². The molecule has 1 saturated carbocycles. The molecule has 0 amide bonds. The van der Waals surface area contributed by atoms with Gasteiger partial charge in [0.25, 0.3) is 0 Å². The number of alkyl halides is 2. The van der Waals surface area contributed by atoms with E-state index in [0.717, 1.165) is 6.42 Å². The summed E-state index contributed by atoms with van der Waals surface area (Å²) in [5, 5.41) is 0. The van der Waals surface area contributed by atoms with Crippen LogP contribution >= 0.6 is 31.9 Å². The molecule has 0 radical (unpaired) electrons. The molecule has 1 fully saturated rings. The molecule has 0 heterocycles. The van der Waals surface area contributed by atoms with Crippen molar-refractivity contribution in [1.82, 2.24) is 0 Å². The molecule has 3 rings (SSSR count). The summed E-state index contributed by atoms with van der Waals surface area (Å²) >= 11 is 7.82. The van der Waals surface area contributed by atoms with E-state index in [9.17, 15) is 0 Å². The second kappa shape index (κ2) is 3.96. The van der Waals surface area contributed by atoms with Crippen molar-refractivity contribution in [3.05, 3.63) is 71.8 Å². The molecule has 1 aliphatic rings. The third kappa shape index (κ3) is 1.69. The lowest BCUT2D eigenvalue weighted by molar-refractivity contribution is 0.934. The Balaban J connectivity index is 2.00. The molecule has 17 heavy (non-hydrogen) atoms. The van der Waals surface area contributed by atoms with Gasteiger partial charge in [-0.3, -0.25) is 0 Å². The van der Waals surface area contributed by atoms with Crippen LogP contribution in [0.5, 0.6) is 0 Å². The molecular formula is C15H12Br2. The first-order chi connectivity index (χ1) is 8.17. The smallest absolute Gasteiger partial charge is 0.0717 e. The molecule has 2 aromatic carbocycles. The molecule has 2 unspecified atom stereocenters. The summed E-state index contributed by atoms with van der Waals surface area (Å²) in [6.45, 7) is 0. The predicted octanol–water partition coefficient (Wildman–Crippen LogP) is 4.97. The van der Waals surface area contributed by atoms with Gasteiger partial charge in [0.05, 0.1) is 8.65 Å². The van der Waals surface area contributed by atoms with Crippen molar-refractivity contribution in [2.24, 2.45) is 0 Å². The Bertz CT molecular complexity index is 474. The molecular weight excluding hydrogens is 340 g/mol. The van der Waals surface area contributed by atoms with Gasteiger partial charge in [0, 0.05) is 0 Å². The molecule has 0 saturated heterocycles. The van der Waals surface area contributed by atoms with Gasteiger partial charge in [0.2, 0.25) is 0 Å². The summed E-state index contributed by atoms with van der Waals surface area (Å²) < 4.78 is 0.0607. The second-order valence-electron chi connectivity index (χ2n) is 4.51. The SMILES string of the molecule is BrC1(c2ccccc2)CC1(Br)c1ccccc1. The van der Waals surface area contributed by atoms with Gasteiger partial charge in [-0.15, -0.1) is 0 Å². The molecule has 1 aliphatic carbocycles. The van der Waals surface area contributed by atoms with Crippen molar-refractivity contribution in [2.45, 2.75) is 15.1 Å². The van der Waals surface area contributed by atoms with Crippen LogP contribution in [0.2, 0.25) is 0 Å². The highest BCUT2D eigenvalue weighted by molar-refractivity contribution is 9.13. The number of hydrogen-bond acceptors (Lipinski definition) is 0. The summed E-state index contributed by atoms with van der Waals surface area (Å²) in [5.41, 5.74) is 2.67. The van der Waals surface area contributed by atoms with E-state index in [1.54, 1.807) is 0 Å². The van der Waals surface area contributed by atoms with Gasteiger partial charge in [-0.25, -0.2) is 0 Å². The standard InChI is InChI=1S/C15H12Br2/c16-14(12-7-3-1-4-8-12)11-15(14,17)13-9-5-2-6-10-13/h1-10H,11H2. The predicted molar refractivity (Wildman–Crippen MR) is 78.7 cm³/mol. The zero-order valence-corrected chi connectivity index (χ0v) is 12.4. The molecule has 2 atom stereocenters. The molecule has 2 heteroatoms. The van der Waals surface area contributed by atoms with Crippen LogP contribution in [-0.2, 0) is 8.65 Å². The molecule has 2 aromatic rings. The Hall–Kier alpha value is -0.600. The maximum Gasteiger partial charge on any atom is 0.0717 e. The first-order valence-electron chi connectivity index (χ1n) is 5.66. The summed E-state index contributed by atoms with van der Waals surface area (Å²) in [7, 11) is 0. The van der Waals surface area contributed by atoms with Crippen LogP contribution in [0.15, 0.2) is 60.7 Å². The highest BCUT2D eigenvalue weighted by Gasteiger charge is 2.66. The third-order valence-corrected chi connectivity index (χ3v) is 6.82. The van der Waals surface area contributed by atoms with Crippen LogP contribution < -0.4 is 0 Å². The van der Waals surface area contributed by atoms with E-state index in [1.807, 2.05) is 0 Å². The zero-order chi connectivity index (χ0) is 11.9. The van der Waals surface area contributed by atoms with Gasteiger partial charge >= 0.3 is 0 Å². The number of halogens is 2. The molecule has 0 spiro atoms. The molecule has 0 N–H and O–H groups in total. The van der Waals surface area contributed by atoms with Crippen molar-refractivity contribution in [3.63, 3.8) is 0 Å². The topological polar surface area (TPSA) is 0 Å². The Labute approximate surface area is 118 Å². The number of benzene rings is 2. The van der Waals surface area contributed by atoms with Crippen LogP contribution in [0.1, 0.15) is 17.5 Å². The number of hydrogen-bond donors (Lipinski definition) is 0. The Morgan fingerprint density at radius 3 is 1.35 bits per heavy atom.